The van der Waals surface area contributed by atoms with E-state index in [0.29, 0.717) is 18.0 Å². The number of carbonyl (C=O) groups is 1. The maximum absolute atomic E-state index is 12.1. The Morgan fingerprint density at radius 3 is 2.65 bits per heavy atom. The number of urea groups is 1. The Bertz CT molecular complexity index is 1180. The van der Waals surface area contributed by atoms with Gasteiger partial charge in [-0.15, -0.1) is 0 Å². The van der Waals surface area contributed by atoms with Crippen LogP contribution in [0.5, 0.6) is 5.75 Å². The predicted octanol–water partition coefficient (Wildman–Crippen LogP) is 5.22. The highest BCUT2D eigenvalue weighted by atomic mass is 16.5. The standard InChI is InChI=1S/C24H26N4O3/c1-3-12-28-21-14-18(30-2)10-11-20(21)22(25)23(28)16-6-8-17(9-7-16)27-24(29)26-15-19-5-4-13-31-19/h4-11,13-14H,3,12,15,25H2,1-2H3,(H2,26,27,29). The SMILES string of the molecule is CCCn1c(-c2ccc(NC(=O)NCc3ccco3)cc2)c(N)c2ccc(OC)cc21. The molecule has 2 aromatic carbocycles. The zero-order chi connectivity index (χ0) is 21.8. The van der Waals surface area contributed by atoms with Crippen LogP contribution in [0.4, 0.5) is 16.2 Å². The van der Waals surface area contributed by atoms with Gasteiger partial charge in [-0.25, -0.2) is 4.79 Å². The van der Waals surface area contributed by atoms with E-state index < -0.39 is 0 Å². The number of fused-ring (bicyclic) bond motifs is 1. The number of amides is 2. The maximum atomic E-state index is 12.1. The smallest absolute Gasteiger partial charge is 0.319 e. The molecule has 7 nitrogen and oxygen atoms in total. The van der Waals surface area contributed by atoms with Crippen LogP contribution in [0.15, 0.2) is 65.3 Å². The highest BCUT2D eigenvalue weighted by Gasteiger charge is 2.17. The fraction of sp³-hybridized carbons (Fsp3) is 0.208. The number of hydrogen-bond donors (Lipinski definition) is 3. The molecule has 0 fully saturated rings. The largest absolute Gasteiger partial charge is 0.497 e. The number of hydrogen-bond acceptors (Lipinski definition) is 4. The first-order valence-electron chi connectivity index (χ1n) is 10.2. The second kappa shape index (κ2) is 8.87. The minimum absolute atomic E-state index is 0.296. The van der Waals surface area contributed by atoms with Crippen LogP contribution in [0.1, 0.15) is 19.1 Å². The Labute approximate surface area is 180 Å². The molecule has 0 saturated carbocycles. The molecule has 2 heterocycles. The number of methoxy groups -OCH3 is 1. The maximum Gasteiger partial charge on any atom is 0.319 e. The van der Waals surface area contributed by atoms with Crippen molar-refractivity contribution >= 4 is 28.3 Å². The molecule has 31 heavy (non-hydrogen) atoms. The van der Waals surface area contributed by atoms with E-state index in [2.05, 4.69) is 22.1 Å². The van der Waals surface area contributed by atoms with Gasteiger partial charge in [-0.3, -0.25) is 0 Å². The Balaban J connectivity index is 1.57. The fourth-order valence-corrected chi connectivity index (χ4v) is 3.72. The van der Waals surface area contributed by atoms with Gasteiger partial charge < -0.3 is 30.1 Å². The lowest BCUT2D eigenvalue weighted by molar-refractivity contribution is 0.251. The van der Waals surface area contributed by atoms with Gasteiger partial charge in [0.1, 0.15) is 11.5 Å². The quantitative estimate of drug-likeness (QED) is 0.383. The molecule has 0 spiro atoms. The summed E-state index contributed by atoms with van der Waals surface area (Å²) in [6, 6.07) is 16.9. The van der Waals surface area contributed by atoms with Gasteiger partial charge in [-0.05, 0) is 42.8 Å². The van der Waals surface area contributed by atoms with Gasteiger partial charge in [0, 0.05) is 29.2 Å². The number of nitrogens with zero attached hydrogens (tertiary/aromatic N) is 1. The molecule has 4 rings (SSSR count). The van der Waals surface area contributed by atoms with Gasteiger partial charge in [-0.1, -0.05) is 19.1 Å². The third kappa shape index (κ3) is 4.21. The molecule has 0 aliphatic rings. The molecule has 0 atom stereocenters. The van der Waals surface area contributed by atoms with Crippen LogP contribution in [0, 0.1) is 0 Å². The Morgan fingerprint density at radius 1 is 1.16 bits per heavy atom. The average molecular weight is 418 g/mol. The molecule has 0 unspecified atom stereocenters. The number of nitrogens with one attached hydrogen (secondary N) is 2. The second-order valence-electron chi connectivity index (χ2n) is 7.26. The summed E-state index contributed by atoms with van der Waals surface area (Å²) in [5.74, 6) is 1.50. The summed E-state index contributed by atoms with van der Waals surface area (Å²) < 4.78 is 12.8. The van der Waals surface area contributed by atoms with Crippen molar-refractivity contribution in [3.8, 4) is 17.0 Å². The number of rotatable bonds is 7. The third-order valence-electron chi connectivity index (χ3n) is 5.18. The number of furan rings is 1. The van der Waals surface area contributed by atoms with E-state index in [1.165, 1.54) is 0 Å². The van der Waals surface area contributed by atoms with Crippen LogP contribution in [-0.4, -0.2) is 17.7 Å². The monoisotopic (exact) mass is 418 g/mol. The van der Waals surface area contributed by atoms with Crippen molar-refractivity contribution in [2.45, 2.75) is 26.4 Å². The Hall–Kier alpha value is -3.87. The van der Waals surface area contributed by atoms with Gasteiger partial charge in [0.05, 0.1) is 36.8 Å². The van der Waals surface area contributed by atoms with E-state index in [4.69, 9.17) is 14.9 Å². The highest BCUT2D eigenvalue weighted by Crippen LogP contribution is 2.38. The van der Waals surface area contributed by atoms with Crippen LogP contribution in [0.2, 0.25) is 0 Å². The molecule has 0 aliphatic carbocycles. The first-order chi connectivity index (χ1) is 15.1. The van der Waals surface area contributed by atoms with Crippen molar-refractivity contribution in [3.05, 3.63) is 66.6 Å². The number of aromatic nitrogens is 1. The van der Waals surface area contributed by atoms with Crippen LogP contribution in [0.3, 0.4) is 0 Å². The van der Waals surface area contributed by atoms with E-state index in [9.17, 15) is 4.79 Å². The van der Waals surface area contributed by atoms with Gasteiger partial charge >= 0.3 is 6.03 Å². The molecule has 0 aliphatic heterocycles. The summed E-state index contributed by atoms with van der Waals surface area (Å²) in [6.07, 6.45) is 2.55. The van der Waals surface area contributed by atoms with Crippen molar-refractivity contribution < 1.29 is 13.9 Å². The lowest BCUT2D eigenvalue weighted by atomic mass is 10.1. The highest BCUT2D eigenvalue weighted by molar-refractivity contribution is 6.01. The van der Waals surface area contributed by atoms with Crippen LogP contribution in [-0.2, 0) is 13.1 Å². The summed E-state index contributed by atoms with van der Waals surface area (Å²) in [5, 5.41) is 6.60. The lowest BCUT2D eigenvalue weighted by Crippen LogP contribution is -2.27. The number of carbonyl (C=O) groups excluding carboxylic acids is 1. The molecule has 4 aromatic rings. The fourth-order valence-electron chi connectivity index (χ4n) is 3.72. The first kappa shape index (κ1) is 20.4. The van der Waals surface area contributed by atoms with Crippen LogP contribution < -0.4 is 21.1 Å². The summed E-state index contributed by atoms with van der Waals surface area (Å²) in [4.78, 5) is 12.1. The van der Waals surface area contributed by atoms with Gasteiger partial charge in [-0.2, -0.15) is 0 Å². The van der Waals surface area contributed by atoms with Gasteiger partial charge in [0.2, 0.25) is 0 Å². The number of aryl methyl sites for hydroxylation is 1. The van der Waals surface area contributed by atoms with Crippen molar-refractivity contribution in [3.63, 3.8) is 0 Å². The number of anilines is 2. The summed E-state index contributed by atoms with van der Waals surface area (Å²) in [6.45, 7) is 3.31. The third-order valence-corrected chi connectivity index (χ3v) is 5.18. The molecule has 160 valence electrons. The molecule has 7 heteroatoms. The Kier molecular flexibility index (Phi) is 5.84. The predicted molar refractivity (Wildman–Crippen MR) is 123 cm³/mol. The molecule has 0 radical (unpaired) electrons. The van der Waals surface area contributed by atoms with Gasteiger partial charge in [0.25, 0.3) is 0 Å². The van der Waals surface area contributed by atoms with E-state index in [1.54, 1.807) is 19.4 Å². The molecule has 2 aromatic heterocycles. The molecule has 0 bridgehead atoms. The number of benzene rings is 2. The zero-order valence-electron chi connectivity index (χ0n) is 17.6. The van der Waals surface area contributed by atoms with Crippen LogP contribution in [0.25, 0.3) is 22.2 Å². The average Bonchev–Trinajstić information content (AvgIpc) is 3.40. The van der Waals surface area contributed by atoms with Gasteiger partial charge in [0.15, 0.2) is 0 Å². The minimum atomic E-state index is -0.296. The minimum Gasteiger partial charge on any atom is -0.497 e. The number of nitrogen functional groups attached to an aromatic ring is 1. The Morgan fingerprint density at radius 2 is 1.97 bits per heavy atom. The van der Waals surface area contributed by atoms with E-state index in [0.717, 1.165) is 46.6 Å². The van der Waals surface area contributed by atoms with Crippen molar-refractivity contribution in [2.24, 2.45) is 0 Å². The van der Waals surface area contributed by atoms with Crippen molar-refractivity contribution in [2.75, 3.05) is 18.2 Å². The van der Waals surface area contributed by atoms with Crippen LogP contribution >= 0.6 is 0 Å². The summed E-state index contributed by atoms with van der Waals surface area (Å²) in [5.41, 5.74) is 11.0. The molecular formula is C24H26N4O3. The van der Waals surface area contributed by atoms with E-state index in [1.807, 2.05) is 48.5 Å². The number of ether oxygens (including phenoxy) is 1. The van der Waals surface area contributed by atoms with Crippen molar-refractivity contribution in [1.82, 2.24) is 9.88 Å². The summed E-state index contributed by atoms with van der Waals surface area (Å²) >= 11 is 0. The zero-order valence-corrected chi connectivity index (χ0v) is 17.6. The molecular weight excluding hydrogens is 392 g/mol. The molecule has 0 saturated heterocycles. The van der Waals surface area contributed by atoms with E-state index in [-0.39, 0.29) is 6.03 Å². The first-order valence-corrected chi connectivity index (χ1v) is 10.2. The lowest BCUT2D eigenvalue weighted by Gasteiger charge is -2.12. The number of nitrogens with two attached hydrogens (primary N) is 1. The second-order valence-corrected chi connectivity index (χ2v) is 7.26. The van der Waals surface area contributed by atoms with Crippen molar-refractivity contribution in [1.29, 1.82) is 0 Å². The molecule has 4 N–H and O–H groups in total. The normalized spacial score (nSPS) is 10.9. The topological polar surface area (TPSA) is 94.5 Å². The summed E-state index contributed by atoms with van der Waals surface area (Å²) in [7, 11) is 1.66. The van der Waals surface area contributed by atoms with E-state index >= 15 is 0 Å². The molecule has 2 amide bonds.